The Morgan fingerprint density at radius 1 is 1.56 bits per heavy atom. The van der Waals surface area contributed by atoms with Crippen molar-refractivity contribution in [2.75, 3.05) is 18.4 Å². The van der Waals surface area contributed by atoms with Crippen LogP contribution in [0.4, 0.5) is 11.4 Å². The zero-order valence-electron chi connectivity index (χ0n) is 10.6. The summed E-state index contributed by atoms with van der Waals surface area (Å²) in [4.78, 5) is 10.6. The topological polar surface area (TPSA) is 67.2 Å². The first-order chi connectivity index (χ1) is 8.68. The number of nitrogens with one attached hydrogen (secondary N) is 2. The van der Waals surface area contributed by atoms with Crippen molar-refractivity contribution < 1.29 is 4.92 Å². The van der Waals surface area contributed by atoms with E-state index in [0.717, 1.165) is 25.1 Å². The number of nitro groups is 1. The van der Waals surface area contributed by atoms with E-state index >= 15 is 0 Å². The monoisotopic (exact) mass is 249 g/mol. The Bertz CT molecular complexity index is 428. The van der Waals surface area contributed by atoms with E-state index in [2.05, 4.69) is 10.6 Å². The molecule has 1 aliphatic heterocycles. The van der Waals surface area contributed by atoms with Crippen molar-refractivity contribution in [2.45, 2.75) is 32.2 Å². The SMILES string of the molecule is Cc1cccc([N+](=O)[O-])c1NCCC1CCCN1. The predicted octanol–water partition coefficient (Wildman–Crippen LogP) is 2.46. The molecule has 1 aromatic rings. The van der Waals surface area contributed by atoms with E-state index in [1.807, 2.05) is 13.0 Å². The maximum atomic E-state index is 10.9. The number of hydrogen-bond donors (Lipinski definition) is 2. The normalized spacial score (nSPS) is 18.8. The predicted molar refractivity (Wildman–Crippen MR) is 72.0 cm³/mol. The number of hydrogen-bond acceptors (Lipinski definition) is 4. The molecule has 1 aromatic carbocycles. The molecule has 5 heteroatoms. The highest BCUT2D eigenvalue weighted by atomic mass is 16.6. The molecule has 0 bridgehead atoms. The van der Waals surface area contributed by atoms with E-state index in [0.29, 0.717) is 11.7 Å². The van der Waals surface area contributed by atoms with Crippen LogP contribution in [-0.4, -0.2) is 24.1 Å². The van der Waals surface area contributed by atoms with Gasteiger partial charge in [0.15, 0.2) is 0 Å². The van der Waals surface area contributed by atoms with Crippen LogP contribution in [0.15, 0.2) is 18.2 Å². The highest BCUT2D eigenvalue weighted by Crippen LogP contribution is 2.27. The maximum Gasteiger partial charge on any atom is 0.292 e. The summed E-state index contributed by atoms with van der Waals surface area (Å²) in [6, 6.07) is 5.71. The highest BCUT2D eigenvalue weighted by Gasteiger charge is 2.17. The van der Waals surface area contributed by atoms with Crippen molar-refractivity contribution in [1.29, 1.82) is 0 Å². The van der Waals surface area contributed by atoms with Crippen molar-refractivity contribution in [1.82, 2.24) is 5.32 Å². The Hall–Kier alpha value is -1.62. The number of para-hydroxylation sites is 1. The summed E-state index contributed by atoms with van der Waals surface area (Å²) in [5.74, 6) is 0. The molecule has 1 aliphatic rings. The molecule has 2 N–H and O–H groups in total. The van der Waals surface area contributed by atoms with E-state index < -0.39 is 0 Å². The average molecular weight is 249 g/mol. The Morgan fingerprint density at radius 2 is 2.39 bits per heavy atom. The van der Waals surface area contributed by atoms with Gasteiger partial charge in [-0.25, -0.2) is 0 Å². The van der Waals surface area contributed by atoms with Crippen LogP contribution in [0.3, 0.4) is 0 Å². The van der Waals surface area contributed by atoms with Crippen molar-refractivity contribution in [3.63, 3.8) is 0 Å². The molecule has 2 rings (SSSR count). The lowest BCUT2D eigenvalue weighted by molar-refractivity contribution is -0.384. The first-order valence-corrected chi connectivity index (χ1v) is 6.40. The second kappa shape index (κ2) is 5.82. The van der Waals surface area contributed by atoms with Gasteiger partial charge in [0.05, 0.1) is 4.92 Å². The van der Waals surface area contributed by atoms with Gasteiger partial charge in [0, 0.05) is 18.7 Å². The molecule has 1 saturated heterocycles. The van der Waals surface area contributed by atoms with Gasteiger partial charge in [-0.1, -0.05) is 12.1 Å². The smallest absolute Gasteiger partial charge is 0.292 e. The summed E-state index contributed by atoms with van der Waals surface area (Å²) in [5, 5.41) is 17.6. The minimum atomic E-state index is -0.330. The standard InChI is InChI=1S/C13H19N3O2/c1-10-4-2-6-12(16(17)18)13(10)15-9-7-11-5-3-8-14-11/h2,4,6,11,14-15H,3,5,7-9H2,1H3. The molecule has 1 heterocycles. The number of rotatable bonds is 5. The summed E-state index contributed by atoms with van der Waals surface area (Å²) >= 11 is 0. The van der Waals surface area contributed by atoms with Gasteiger partial charge in [0.25, 0.3) is 5.69 Å². The van der Waals surface area contributed by atoms with Crippen LogP contribution >= 0.6 is 0 Å². The molecule has 0 aromatic heterocycles. The van der Waals surface area contributed by atoms with Crippen LogP contribution in [0.2, 0.25) is 0 Å². The number of benzene rings is 1. The lowest BCUT2D eigenvalue weighted by Gasteiger charge is -2.13. The first-order valence-electron chi connectivity index (χ1n) is 6.40. The largest absolute Gasteiger partial charge is 0.379 e. The number of anilines is 1. The van der Waals surface area contributed by atoms with Gasteiger partial charge in [0.1, 0.15) is 5.69 Å². The molecule has 0 amide bonds. The lowest BCUT2D eigenvalue weighted by Crippen LogP contribution is -2.24. The molecule has 1 unspecified atom stereocenters. The summed E-state index contributed by atoms with van der Waals surface area (Å²) in [7, 11) is 0. The molecule has 98 valence electrons. The van der Waals surface area contributed by atoms with E-state index in [1.165, 1.54) is 12.8 Å². The molecule has 5 nitrogen and oxygen atoms in total. The van der Waals surface area contributed by atoms with Crippen molar-refractivity contribution in [3.8, 4) is 0 Å². The zero-order chi connectivity index (χ0) is 13.0. The molecule has 18 heavy (non-hydrogen) atoms. The lowest BCUT2D eigenvalue weighted by atomic mass is 10.1. The van der Waals surface area contributed by atoms with Crippen LogP contribution in [0, 0.1) is 17.0 Å². The minimum Gasteiger partial charge on any atom is -0.379 e. The van der Waals surface area contributed by atoms with Gasteiger partial charge in [-0.2, -0.15) is 0 Å². The van der Waals surface area contributed by atoms with E-state index in [4.69, 9.17) is 0 Å². The van der Waals surface area contributed by atoms with Crippen LogP contribution in [0.5, 0.6) is 0 Å². The average Bonchev–Trinajstić information content (AvgIpc) is 2.84. The number of nitro benzene ring substituents is 1. The second-order valence-corrected chi connectivity index (χ2v) is 4.73. The van der Waals surface area contributed by atoms with Crippen LogP contribution in [-0.2, 0) is 0 Å². The van der Waals surface area contributed by atoms with Crippen LogP contribution < -0.4 is 10.6 Å². The van der Waals surface area contributed by atoms with Crippen LogP contribution in [0.1, 0.15) is 24.8 Å². The van der Waals surface area contributed by atoms with E-state index in [-0.39, 0.29) is 10.6 Å². The third kappa shape index (κ3) is 2.98. The molecule has 0 aliphatic carbocycles. The Kier molecular flexibility index (Phi) is 4.15. The molecule has 0 radical (unpaired) electrons. The molecule has 1 fully saturated rings. The minimum absolute atomic E-state index is 0.161. The molecule has 1 atom stereocenters. The maximum absolute atomic E-state index is 10.9. The van der Waals surface area contributed by atoms with E-state index in [1.54, 1.807) is 12.1 Å². The number of nitrogens with zero attached hydrogens (tertiary/aromatic N) is 1. The fourth-order valence-electron chi connectivity index (χ4n) is 2.41. The third-order valence-electron chi connectivity index (χ3n) is 3.40. The Balaban J connectivity index is 1.97. The summed E-state index contributed by atoms with van der Waals surface area (Å²) < 4.78 is 0. The van der Waals surface area contributed by atoms with Gasteiger partial charge >= 0.3 is 0 Å². The number of aryl methyl sites for hydroxylation is 1. The molecular formula is C13H19N3O2. The van der Waals surface area contributed by atoms with Gasteiger partial charge in [-0.05, 0) is 38.3 Å². The van der Waals surface area contributed by atoms with Gasteiger partial charge in [-0.3, -0.25) is 10.1 Å². The van der Waals surface area contributed by atoms with Crippen molar-refractivity contribution in [3.05, 3.63) is 33.9 Å². The first kappa shape index (κ1) is 12.8. The zero-order valence-corrected chi connectivity index (χ0v) is 10.6. The molecule has 0 spiro atoms. The van der Waals surface area contributed by atoms with Gasteiger partial charge in [-0.15, -0.1) is 0 Å². The molecule has 0 saturated carbocycles. The van der Waals surface area contributed by atoms with E-state index in [9.17, 15) is 10.1 Å². The quantitative estimate of drug-likeness (QED) is 0.621. The fourth-order valence-corrected chi connectivity index (χ4v) is 2.41. The van der Waals surface area contributed by atoms with Crippen molar-refractivity contribution >= 4 is 11.4 Å². The summed E-state index contributed by atoms with van der Waals surface area (Å²) in [6.07, 6.45) is 3.44. The third-order valence-corrected chi connectivity index (χ3v) is 3.40. The Morgan fingerprint density at radius 3 is 3.06 bits per heavy atom. The molecular weight excluding hydrogens is 230 g/mol. The fraction of sp³-hybridized carbons (Fsp3) is 0.538. The second-order valence-electron chi connectivity index (χ2n) is 4.73. The summed E-state index contributed by atoms with van der Waals surface area (Å²) in [6.45, 7) is 3.75. The summed E-state index contributed by atoms with van der Waals surface area (Å²) in [5.41, 5.74) is 1.73. The van der Waals surface area contributed by atoms with Gasteiger partial charge in [0.2, 0.25) is 0 Å². The van der Waals surface area contributed by atoms with Crippen LogP contribution in [0.25, 0.3) is 0 Å². The van der Waals surface area contributed by atoms with Crippen molar-refractivity contribution in [2.24, 2.45) is 0 Å². The van der Waals surface area contributed by atoms with Gasteiger partial charge < -0.3 is 10.6 Å². The Labute approximate surface area is 107 Å². The highest BCUT2D eigenvalue weighted by molar-refractivity contribution is 5.65.